The van der Waals surface area contributed by atoms with Gasteiger partial charge in [-0.25, -0.2) is 4.98 Å². The van der Waals surface area contributed by atoms with Crippen molar-refractivity contribution >= 4 is 0 Å². The number of aromatic nitrogens is 2. The smallest absolute Gasteiger partial charge is 0.0921 e. The molecule has 0 aliphatic heterocycles. The zero-order valence-corrected chi connectivity index (χ0v) is 8.98. The second-order valence-corrected chi connectivity index (χ2v) is 4.08. The number of benzene rings is 1. The van der Waals surface area contributed by atoms with Gasteiger partial charge in [0.25, 0.3) is 0 Å². The van der Waals surface area contributed by atoms with Crippen molar-refractivity contribution in [3.63, 3.8) is 0 Å². The Morgan fingerprint density at radius 2 is 2.00 bits per heavy atom. The van der Waals surface area contributed by atoms with E-state index in [0.717, 1.165) is 12.8 Å². The maximum atomic E-state index is 4.03. The largest absolute Gasteiger partial charge is 0.348 e. The first-order chi connectivity index (χ1) is 7.34. The molecule has 15 heavy (non-hydrogen) atoms. The molecule has 2 heteroatoms. The lowest BCUT2D eigenvalue weighted by molar-refractivity contribution is 0.570. The van der Waals surface area contributed by atoms with Gasteiger partial charge in [-0.2, -0.15) is 0 Å². The van der Waals surface area contributed by atoms with E-state index in [1.54, 1.807) is 6.33 Å². The third-order valence-electron chi connectivity index (χ3n) is 2.55. The van der Waals surface area contributed by atoms with Gasteiger partial charge in [-0.1, -0.05) is 37.3 Å². The van der Waals surface area contributed by atoms with Crippen LogP contribution in [-0.4, -0.2) is 9.97 Å². The number of rotatable bonds is 4. The van der Waals surface area contributed by atoms with Crippen LogP contribution in [0.2, 0.25) is 0 Å². The summed E-state index contributed by atoms with van der Waals surface area (Å²) in [6.45, 7) is 2.27. The van der Waals surface area contributed by atoms with E-state index in [-0.39, 0.29) is 0 Å². The molecule has 0 amide bonds. The Labute approximate surface area is 90.4 Å². The summed E-state index contributed by atoms with van der Waals surface area (Å²) in [6.07, 6.45) is 5.83. The number of imidazole rings is 1. The molecule has 2 nitrogen and oxygen atoms in total. The summed E-state index contributed by atoms with van der Waals surface area (Å²) >= 11 is 0. The van der Waals surface area contributed by atoms with Crippen LogP contribution in [0.3, 0.4) is 0 Å². The van der Waals surface area contributed by atoms with E-state index < -0.39 is 0 Å². The number of nitrogens with one attached hydrogen (secondary N) is 1. The van der Waals surface area contributed by atoms with E-state index in [1.165, 1.54) is 11.3 Å². The van der Waals surface area contributed by atoms with Gasteiger partial charge in [-0.15, -0.1) is 0 Å². The number of hydrogen-bond donors (Lipinski definition) is 1. The maximum Gasteiger partial charge on any atom is 0.0921 e. The number of nitrogens with zero attached hydrogens (tertiary/aromatic N) is 1. The molecule has 0 saturated carbocycles. The van der Waals surface area contributed by atoms with Crippen molar-refractivity contribution in [1.82, 2.24) is 9.97 Å². The number of hydrogen-bond acceptors (Lipinski definition) is 1. The van der Waals surface area contributed by atoms with Gasteiger partial charge in [0.2, 0.25) is 0 Å². The molecule has 1 unspecified atom stereocenters. The molecule has 2 aromatic rings. The van der Waals surface area contributed by atoms with Crippen LogP contribution in [0.15, 0.2) is 42.9 Å². The van der Waals surface area contributed by atoms with Gasteiger partial charge < -0.3 is 4.98 Å². The van der Waals surface area contributed by atoms with Gasteiger partial charge in [-0.3, -0.25) is 0 Å². The maximum absolute atomic E-state index is 4.03. The molecule has 0 fully saturated rings. The van der Waals surface area contributed by atoms with Crippen molar-refractivity contribution in [2.24, 2.45) is 5.92 Å². The van der Waals surface area contributed by atoms with E-state index in [9.17, 15) is 0 Å². The first kappa shape index (κ1) is 9.97. The SMILES string of the molecule is CC(Cc1ccccc1)Cc1cnc[nH]1. The van der Waals surface area contributed by atoms with Gasteiger partial charge in [0.15, 0.2) is 0 Å². The van der Waals surface area contributed by atoms with Gasteiger partial charge >= 0.3 is 0 Å². The van der Waals surface area contributed by atoms with Crippen LogP contribution in [0.5, 0.6) is 0 Å². The minimum absolute atomic E-state index is 0.646. The predicted molar refractivity (Wildman–Crippen MR) is 61.6 cm³/mol. The number of aromatic amines is 1. The van der Waals surface area contributed by atoms with Crippen molar-refractivity contribution in [3.8, 4) is 0 Å². The highest BCUT2D eigenvalue weighted by molar-refractivity contribution is 5.15. The van der Waals surface area contributed by atoms with Crippen molar-refractivity contribution in [2.75, 3.05) is 0 Å². The first-order valence-corrected chi connectivity index (χ1v) is 5.36. The van der Waals surface area contributed by atoms with Gasteiger partial charge in [-0.05, 0) is 24.3 Å². The molecule has 0 aliphatic carbocycles. The molecule has 1 N–H and O–H groups in total. The molecule has 0 radical (unpaired) electrons. The average molecular weight is 200 g/mol. The van der Waals surface area contributed by atoms with E-state index in [4.69, 9.17) is 0 Å². The van der Waals surface area contributed by atoms with Crippen molar-refractivity contribution in [3.05, 3.63) is 54.1 Å². The molecule has 1 heterocycles. The van der Waals surface area contributed by atoms with Crippen molar-refractivity contribution in [2.45, 2.75) is 19.8 Å². The third kappa shape index (κ3) is 2.94. The molecule has 2 rings (SSSR count). The zero-order valence-electron chi connectivity index (χ0n) is 8.98. The molecule has 0 saturated heterocycles. The lowest BCUT2D eigenvalue weighted by atomic mass is 9.97. The van der Waals surface area contributed by atoms with Crippen LogP contribution in [0.1, 0.15) is 18.2 Å². The van der Waals surface area contributed by atoms with Gasteiger partial charge in [0.05, 0.1) is 6.33 Å². The van der Waals surface area contributed by atoms with E-state index >= 15 is 0 Å². The highest BCUT2D eigenvalue weighted by atomic mass is 14.9. The van der Waals surface area contributed by atoms with Crippen molar-refractivity contribution in [1.29, 1.82) is 0 Å². The minimum atomic E-state index is 0.646. The highest BCUT2D eigenvalue weighted by Gasteiger charge is 2.05. The monoisotopic (exact) mass is 200 g/mol. The topological polar surface area (TPSA) is 28.7 Å². The Bertz CT molecular complexity index is 378. The average Bonchev–Trinajstić information content (AvgIpc) is 2.71. The summed E-state index contributed by atoms with van der Waals surface area (Å²) in [5.41, 5.74) is 2.63. The fourth-order valence-corrected chi connectivity index (χ4v) is 1.86. The summed E-state index contributed by atoms with van der Waals surface area (Å²) in [6, 6.07) is 10.6. The summed E-state index contributed by atoms with van der Waals surface area (Å²) < 4.78 is 0. The predicted octanol–water partition coefficient (Wildman–Crippen LogP) is 2.83. The second kappa shape index (κ2) is 4.78. The van der Waals surface area contributed by atoms with E-state index in [2.05, 4.69) is 47.2 Å². The summed E-state index contributed by atoms with van der Waals surface area (Å²) in [5.74, 6) is 0.646. The molecule has 1 aromatic carbocycles. The molecule has 0 bridgehead atoms. The first-order valence-electron chi connectivity index (χ1n) is 5.36. The zero-order chi connectivity index (χ0) is 10.5. The van der Waals surface area contributed by atoms with Crippen LogP contribution in [0.4, 0.5) is 0 Å². The van der Waals surface area contributed by atoms with Crippen LogP contribution >= 0.6 is 0 Å². The molecular weight excluding hydrogens is 184 g/mol. The highest BCUT2D eigenvalue weighted by Crippen LogP contribution is 2.12. The Morgan fingerprint density at radius 1 is 1.20 bits per heavy atom. The second-order valence-electron chi connectivity index (χ2n) is 4.08. The molecule has 0 aliphatic rings. The molecule has 78 valence electrons. The molecule has 1 aromatic heterocycles. The molecular formula is C13H16N2. The Balaban J connectivity index is 1.90. The lowest BCUT2D eigenvalue weighted by Crippen LogP contribution is -2.03. The fraction of sp³-hybridized carbons (Fsp3) is 0.308. The van der Waals surface area contributed by atoms with Crippen molar-refractivity contribution < 1.29 is 0 Å². The fourth-order valence-electron chi connectivity index (χ4n) is 1.86. The van der Waals surface area contributed by atoms with Crippen LogP contribution in [-0.2, 0) is 12.8 Å². The van der Waals surface area contributed by atoms with Crippen LogP contribution in [0.25, 0.3) is 0 Å². The Morgan fingerprint density at radius 3 is 2.67 bits per heavy atom. The van der Waals surface area contributed by atoms with Gasteiger partial charge in [0, 0.05) is 11.9 Å². The summed E-state index contributed by atoms with van der Waals surface area (Å²) in [5, 5.41) is 0. The Hall–Kier alpha value is -1.57. The molecule has 1 atom stereocenters. The molecule has 0 spiro atoms. The van der Waals surface area contributed by atoms with Crippen LogP contribution in [0, 0.1) is 5.92 Å². The minimum Gasteiger partial charge on any atom is -0.348 e. The lowest BCUT2D eigenvalue weighted by Gasteiger charge is -2.09. The normalized spacial score (nSPS) is 12.6. The van der Waals surface area contributed by atoms with E-state index in [0.29, 0.717) is 5.92 Å². The van der Waals surface area contributed by atoms with Crippen LogP contribution < -0.4 is 0 Å². The third-order valence-corrected chi connectivity index (χ3v) is 2.55. The Kier molecular flexibility index (Phi) is 3.18. The van der Waals surface area contributed by atoms with Gasteiger partial charge in [0.1, 0.15) is 0 Å². The quantitative estimate of drug-likeness (QED) is 0.807. The summed E-state index contributed by atoms with van der Waals surface area (Å²) in [4.78, 5) is 7.17. The number of H-pyrrole nitrogens is 1. The van der Waals surface area contributed by atoms with E-state index in [1.807, 2.05) is 6.20 Å². The standard InChI is InChI=1S/C13H16N2/c1-11(8-13-9-14-10-15-13)7-12-5-3-2-4-6-12/h2-6,9-11H,7-8H2,1H3,(H,14,15). The summed E-state index contributed by atoms with van der Waals surface area (Å²) in [7, 11) is 0.